The van der Waals surface area contributed by atoms with Crippen LogP contribution in [-0.2, 0) is 17.6 Å². The van der Waals surface area contributed by atoms with E-state index in [1.54, 1.807) is 11.3 Å². The maximum Gasteiger partial charge on any atom is 0.227 e. The van der Waals surface area contributed by atoms with E-state index in [0.29, 0.717) is 24.2 Å². The second-order valence-corrected chi connectivity index (χ2v) is 7.55. The smallest absolute Gasteiger partial charge is 0.227 e. The van der Waals surface area contributed by atoms with Gasteiger partial charge in [0.1, 0.15) is 5.82 Å². The predicted molar refractivity (Wildman–Crippen MR) is 98.8 cm³/mol. The average Bonchev–Trinajstić information content (AvgIpc) is 3.10. The van der Waals surface area contributed by atoms with Gasteiger partial charge in [0.15, 0.2) is 0 Å². The number of piperidine rings is 1. The fraction of sp³-hybridized carbons (Fsp3) is 0.529. The molecule has 0 radical (unpaired) electrons. The first-order chi connectivity index (χ1) is 12.2. The van der Waals surface area contributed by atoms with E-state index < -0.39 is 0 Å². The first-order valence-electron chi connectivity index (χ1n) is 8.72. The highest BCUT2D eigenvalue weighted by molar-refractivity contribution is 7.13. The Morgan fingerprint density at radius 3 is 3.12 bits per heavy atom. The summed E-state index contributed by atoms with van der Waals surface area (Å²) in [5, 5.41) is 2.90. The quantitative estimate of drug-likeness (QED) is 0.869. The largest absolute Gasteiger partial charge is 0.340 e. The van der Waals surface area contributed by atoms with Crippen LogP contribution in [0.1, 0.15) is 31.0 Å². The zero-order valence-corrected chi connectivity index (χ0v) is 15.1. The number of fused-ring (bicyclic) bond motifs is 3. The van der Waals surface area contributed by atoms with E-state index >= 15 is 0 Å². The van der Waals surface area contributed by atoms with Crippen LogP contribution in [0.4, 0.5) is 11.8 Å². The molecule has 3 heterocycles. The van der Waals surface area contributed by atoms with Gasteiger partial charge in [0.25, 0.3) is 0 Å². The van der Waals surface area contributed by atoms with Crippen LogP contribution in [0, 0.1) is 5.92 Å². The van der Waals surface area contributed by atoms with Gasteiger partial charge in [0.05, 0.1) is 21.8 Å². The summed E-state index contributed by atoms with van der Waals surface area (Å²) in [6.07, 6.45) is 3.90. The summed E-state index contributed by atoms with van der Waals surface area (Å²) >= 11 is 1.60. The first kappa shape index (κ1) is 16.4. The molecule has 7 nitrogen and oxygen atoms in total. The van der Waals surface area contributed by atoms with Gasteiger partial charge in [-0.25, -0.2) is 9.97 Å². The maximum atomic E-state index is 11.7. The topological polar surface area (TPSA) is 97.0 Å². The molecule has 1 aliphatic heterocycles. The molecule has 2 aliphatic rings. The van der Waals surface area contributed by atoms with Crippen molar-refractivity contribution in [1.82, 2.24) is 15.0 Å². The third-order valence-corrected chi connectivity index (χ3v) is 5.77. The highest BCUT2D eigenvalue weighted by Crippen LogP contribution is 2.38. The average molecular weight is 358 g/mol. The SMILES string of the molecule is CC(=O)Nc1nc(N2CCCC(CN)C2)nc2c1CCc1ncsc1-2. The van der Waals surface area contributed by atoms with Gasteiger partial charge in [-0.15, -0.1) is 11.3 Å². The molecule has 8 heteroatoms. The minimum Gasteiger partial charge on any atom is -0.340 e. The Hall–Kier alpha value is -2.06. The molecule has 132 valence electrons. The number of nitrogens with zero attached hydrogens (tertiary/aromatic N) is 4. The number of anilines is 2. The van der Waals surface area contributed by atoms with Crippen molar-refractivity contribution in [3.05, 3.63) is 16.8 Å². The number of nitrogens with two attached hydrogens (primary N) is 1. The number of hydrogen-bond acceptors (Lipinski definition) is 7. The van der Waals surface area contributed by atoms with Crippen LogP contribution in [0.5, 0.6) is 0 Å². The number of aromatic nitrogens is 3. The number of carbonyl (C=O) groups excluding carboxylic acids is 1. The first-order valence-corrected chi connectivity index (χ1v) is 9.60. The van der Waals surface area contributed by atoms with Gasteiger partial charge in [-0.05, 0) is 38.1 Å². The summed E-state index contributed by atoms with van der Waals surface area (Å²) in [6, 6.07) is 0. The molecule has 25 heavy (non-hydrogen) atoms. The monoisotopic (exact) mass is 358 g/mol. The van der Waals surface area contributed by atoms with Gasteiger partial charge < -0.3 is 16.0 Å². The summed E-state index contributed by atoms with van der Waals surface area (Å²) in [4.78, 5) is 29.0. The molecule has 1 atom stereocenters. The predicted octanol–water partition coefficient (Wildman–Crippen LogP) is 1.83. The van der Waals surface area contributed by atoms with E-state index in [9.17, 15) is 4.79 Å². The van der Waals surface area contributed by atoms with E-state index in [0.717, 1.165) is 60.6 Å². The number of rotatable bonds is 3. The molecule has 0 aromatic carbocycles. The standard InChI is InChI=1S/C17H22N6OS/c1-10(24)20-16-12-4-5-13-15(25-9-19-13)14(12)21-17(22-16)23-6-2-3-11(7-18)8-23/h9,11H,2-8,18H2,1H3,(H,20,21,22,24). The lowest BCUT2D eigenvalue weighted by Gasteiger charge is -2.33. The Morgan fingerprint density at radius 1 is 1.44 bits per heavy atom. The van der Waals surface area contributed by atoms with Gasteiger partial charge in [-0.3, -0.25) is 4.79 Å². The van der Waals surface area contributed by atoms with Gasteiger partial charge in [-0.2, -0.15) is 4.98 Å². The van der Waals surface area contributed by atoms with Crippen molar-refractivity contribution in [1.29, 1.82) is 0 Å². The van der Waals surface area contributed by atoms with E-state index in [-0.39, 0.29) is 5.91 Å². The molecule has 0 spiro atoms. The number of nitrogens with one attached hydrogen (secondary N) is 1. The Morgan fingerprint density at radius 2 is 2.32 bits per heavy atom. The second-order valence-electron chi connectivity index (χ2n) is 6.70. The minimum absolute atomic E-state index is 0.111. The fourth-order valence-electron chi connectivity index (χ4n) is 3.63. The molecular formula is C17H22N6OS. The number of hydrogen-bond donors (Lipinski definition) is 2. The van der Waals surface area contributed by atoms with Gasteiger partial charge >= 0.3 is 0 Å². The number of thiazole rings is 1. The van der Waals surface area contributed by atoms with Gasteiger partial charge in [0, 0.05) is 25.6 Å². The number of amides is 1. The summed E-state index contributed by atoms with van der Waals surface area (Å²) in [5.74, 6) is 1.68. The van der Waals surface area contributed by atoms with Crippen LogP contribution in [0.15, 0.2) is 5.51 Å². The second kappa shape index (κ2) is 6.68. The van der Waals surface area contributed by atoms with Crippen molar-refractivity contribution in [2.45, 2.75) is 32.6 Å². The van der Waals surface area contributed by atoms with Crippen molar-refractivity contribution in [3.8, 4) is 10.6 Å². The minimum atomic E-state index is -0.111. The molecule has 1 saturated heterocycles. The van der Waals surface area contributed by atoms with Gasteiger partial charge in [0.2, 0.25) is 11.9 Å². The van der Waals surface area contributed by atoms with E-state index in [1.165, 1.54) is 6.92 Å². The molecule has 4 rings (SSSR count). The lowest BCUT2D eigenvalue weighted by Crippen LogP contribution is -2.39. The summed E-state index contributed by atoms with van der Waals surface area (Å²) in [6.45, 7) is 3.98. The maximum absolute atomic E-state index is 11.7. The molecule has 1 aliphatic carbocycles. The molecule has 0 saturated carbocycles. The van der Waals surface area contributed by atoms with Crippen molar-refractivity contribution < 1.29 is 4.79 Å². The molecule has 1 fully saturated rings. The molecule has 2 aromatic heterocycles. The van der Waals surface area contributed by atoms with E-state index in [1.807, 2.05) is 5.51 Å². The Balaban J connectivity index is 1.78. The Bertz CT molecular complexity index is 804. The molecule has 0 bridgehead atoms. The third-order valence-electron chi connectivity index (χ3n) is 4.89. The molecule has 1 unspecified atom stereocenters. The molecule has 3 N–H and O–H groups in total. The fourth-order valence-corrected chi connectivity index (χ4v) is 4.49. The lowest BCUT2D eigenvalue weighted by molar-refractivity contribution is -0.114. The zero-order chi connectivity index (χ0) is 17.4. The number of aryl methyl sites for hydroxylation is 1. The van der Waals surface area contributed by atoms with Crippen molar-refractivity contribution in [2.24, 2.45) is 11.7 Å². The highest BCUT2D eigenvalue weighted by Gasteiger charge is 2.28. The summed E-state index contributed by atoms with van der Waals surface area (Å²) in [5.41, 5.74) is 10.8. The van der Waals surface area contributed by atoms with E-state index in [2.05, 4.69) is 15.2 Å². The number of carbonyl (C=O) groups is 1. The van der Waals surface area contributed by atoms with Crippen LogP contribution >= 0.6 is 11.3 Å². The van der Waals surface area contributed by atoms with Crippen LogP contribution in [0.25, 0.3) is 10.6 Å². The Kier molecular flexibility index (Phi) is 4.39. The van der Waals surface area contributed by atoms with Crippen LogP contribution in [-0.4, -0.2) is 40.5 Å². The van der Waals surface area contributed by atoms with Crippen LogP contribution in [0.3, 0.4) is 0 Å². The Labute approximate surface area is 150 Å². The van der Waals surface area contributed by atoms with Gasteiger partial charge in [-0.1, -0.05) is 0 Å². The van der Waals surface area contributed by atoms with Crippen molar-refractivity contribution >= 4 is 29.0 Å². The lowest BCUT2D eigenvalue weighted by atomic mass is 9.97. The van der Waals surface area contributed by atoms with Crippen molar-refractivity contribution in [2.75, 3.05) is 29.9 Å². The highest BCUT2D eigenvalue weighted by atomic mass is 32.1. The van der Waals surface area contributed by atoms with E-state index in [4.69, 9.17) is 15.7 Å². The molecule has 2 aromatic rings. The third kappa shape index (κ3) is 3.11. The van der Waals surface area contributed by atoms with Crippen LogP contribution < -0.4 is 16.0 Å². The van der Waals surface area contributed by atoms with Crippen molar-refractivity contribution in [3.63, 3.8) is 0 Å². The molecule has 1 amide bonds. The summed E-state index contributed by atoms with van der Waals surface area (Å²) in [7, 11) is 0. The summed E-state index contributed by atoms with van der Waals surface area (Å²) < 4.78 is 0. The molecular weight excluding hydrogens is 336 g/mol. The zero-order valence-electron chi connectivity index (χ0n) is 14.3. The van der Waals surface area contributed by atoms with Crippen LogP contribution in [0.2, 0.25) is 0 Å². The normalized spacial score (nSPS) is 19.3.